The van der Waals surface area contributed by atoms with Crippen molar-refractivity contribution in [3.63, 3.8) is 0 Å². The van der Waals surface area contributed by atoms with Gasteiger partial charge < -0.3 is 14.8 Å². The van der Waals surface area contributed by atoms with Gasteiger partial charge in [0, 0.05) is 11.3 Å². The van der Waals surface area contributed by atoms with Gasteiger partial charge in [0.2, 0.25) is 0 Å². The lowest BCUT2D eigenvalue weighted by Gasteiger charge is -2.10. The van der Waals surface area contributed by atoms with E-state index in [1.54, 1.807) is 67.8 Å². The highest BCUT2D eigenvalue weighted by molar-refractivity contribution is 6.42. The Labute approximate surface area is 167 Å². The summed E-state index contributed by atoms with van der Waals surface area (Å²) in [4.78, 5) is 12.4. The second kappa shape index (κ2) is 8.80. The van der Waals surface area contributed by atoms with Crippen LogP contribution in [0.5, 0.6) is 11.5 Å². The van der Waals surface area contributed by atoms with Crippen molar-refractivity contribution >= 4 is 34.8 Å². The van der Waals surface area contributed by atoms with Crippen molar-refractivity contribution in [3.05, 3.63) is 87.9 Å². The molecule has 0 aliphatic heterocycles. The van der Waals surface area contributed by atoms with Crippen LogP contribution < -0.4 is 14.8 Å². The van der Waals surface area contributed by atoms with Crippen LogP contribution in [-0.4, -0.2) is 13.0 Å². The van der Waals surface area contributed by atoms with Crippen LogP contribution >= 0.6 is 23.2 Å². The monoisotopic (exact) mass is 401 g/mol. The number of benzene rings is 3. The van der Waals surface area contributed by atoms with Crippen LogP contribution in [0.2, 0.25) is 10.0 Å². The van der Waals surface area contributed by atoms with Crippen LogP contribution in [0.4, 0.5) is 5.69 Å². The minimum atomic E-state index is -0.222. The highest BCUT2D eigenvalue weighted by Gasteiger charge is 2.08. The van der Waals surface area contributed by atoms with Crippen LogP contribution in [0, 0.1) is 0 Å². The maximum absolute atomic E-state index is 12.4. The Morgan fingerprint density at radius 2 is 1.70 bits per heavy atom. The van der Waals surface area contributed by atoms with Crippen molar-refractivity contribution in [2.24, 2.45) is 0 Å². The van der Waals surface area contributed by atoms with E-state index in [4.69, 9.17) is 32.7 Å². The normalized spacial score (nSPS) is 10.3. The quantitative estimate of drug-likeness (QED) is 0.564. The van der Waals surface area contributed by atoms with Gasteiger partial charge >= 0.3 is 0 Å². The van der Waals surface area contributed by atoms with Crippen molar-refractivity contribution in [1.82, 2.24) is 0 Å². The van der Waals surface area contributed by atoms with Gasteiger partial charge in [-0.15, -0.1) is 0 Å². The summed E-state index contributed by atoms with van der Waals surface area (Å²) >= 11 is 11.9. The first-order valence-electron chi connectivity index (χ1n) is 8.17. The largest absolute Gasteiger partial charge is 0.497 e. The zero-order valence-corrected chi connectivity index (χ0v) is 16.1. The molecule has 0 heterocycles. The molecule has 0 saturated carbocycles. The van der Waals surface area contributed by atoms with Gasteiger partial charge in [-0.05, 0) is 60.2 Å². The molecule has 6 heteroatoms. The molecule has 3 aromatic rings. The first-order valence-corrected chi connectivity index (χ1v) is 8.93. The van der Waals surface area contributed by atoms with Crippen molar-refractivity contribution in [1.29, 1.82) is 0 Å². The van der Waals surface area contributed by atoms with E-state index in [-0.39, 0.29) is 5.91 Å². The van der Waals surface area contributed by atoms with Crippen LogP contribution in [0.15, 0.2) is 66.7 Å². The van der Waals surface area contributed by atoms with Crippen LogP contribution in [0.3, 0.4) is 0 Å². The van der Waals surface area contributed by atoms with Crippen molar-refractivity contribution in [2.45, 2.75) is 6.61 Å². The summed E-state index contributed by atoms with van der Waals surface area (Å²) in [5.41, 5.74) is 2.07. The second-order valence-corrected chi connectivity index (χ2v) is 6.56. The number of hydrogen-bond donors (Lipinski definition) is 1. The minimum Gasteiger partial charge on any atom is -0.497 e. The lowest BCUT2D eigenvalue weighted by atomic mass is 10.2. The van der Waals surface area contributed by atoms with E-state index in [1.165, 1.54) is 0 Å². The number of methoxy groups -OCH3 is 1. The Hall–Kier alpha value is -2.69. The number of anilines is 1. The van der Waals surface area contributed by atoms with E-state index >= 15 is 0 Å². The van der Waals surface area contributed by atoms with Gasteiger partial charge in [0.25, 0.3) is 5.91 Å². The molecule has 0 unspecified atom stereocenters. The lowest BCUT2D eigenvalue weighted by molar-refractivity contribution is 0.102. The van der Waals surface area contributed by atoms with Gasteiger partial charge in [0.05, 0.1) is 17.2 Å². The molecule has 3 aromatic carbocycles. The predicted molar refractivity (Wildman–Crippen MR) is 108 cm³/mol. The third-order valence-electron chi connectivity index (χ3n) is 3.83. The molecule has 1 amide bonds. The summed E-state index contributed by atoms with van der Waals surface area (Å²) in [5.74, 6) is 1.09. The molecule has 3 rings (SSSR count). The van der Waals surface area contributed by atoms with Gasteiger partial charge in [-0.25, -0.2) is 0 Å². The Kier molecular flexibility index (Phi) is 6.22. The van der Waals surface area contributed by atoms with E-state index in [1.807, 2.05) is 6.07 Å². The van der Waals surface area contributed by atoms with Crippen molar-refractivity contribution < 1.29 is 14.3 Å². The van der Waals surface area contributed by atoms with E-state index in [0.717, 1.165) is 11.3 Å². The topological polar surface area (TPSA) is 47.6 Å². The smallest absolute Gasteiger partial charge is 0.255 e. The number of rotatable bonds is 6. The zero-order valence-electron chi connectivity index (χ0n) is 14.5. The van der Waals surface area contributed by atoms with Crippen LogP contribution in [0.25, 0.3) is 0 Å². The highest BCUT2D eigenvalue weighted by Crippen LogP contribution is 2.24. The third-order valence-corrected chi connectivity index (χ3v) is 4.57. The number of amides is 1. The molecule has 1 N–H and O–H groups in total. The number of halogens is 2. The summed E-state index contributed by atoms with van der Waals surface area (Å²) in [7, 11) is 1.59. The van der Waals surface area contributed by atoms with Crippen LogP contribution in [0.1, 0.15) is 15.9 Å². The van der Waals surface area contributed by atoms with Gasteiger partial charge in [-0.3, -0.25) is 4.79 Å². The van der Waals surface area contributed by atoms with Gasteiger partial charge in [-0.2, -0.15) is 0 Å². The van der Waals surface area contributed by atoms with Gasteiger partial charge in [-0.1, -0.05) is 35.3 Å². The Morgan fingerprint density at radius 1 is 0.926 bits per heavy atom. The molecule has 0 saturated heterocycles. The van der Waals surface area contributed by atoms with Crippen molar-refractivity contribution in [2.75, 3.05) is 12.4 Å². The fourth-order valence-electron chi connectivity index (χ4n) is 2.40. The molecule has 0 radical (unpaired) electrons. The number of carbonyl (C=O) groups is 1. The first-order chi connectivity index (χ1) is 13.0. The summed E-state index contributed by atoms with van der Waals surface area (Å²) in [6, 6.07) is 19.4. The zero-order chi connectivity index (χ0) is 19.2. The second-order valence-electron chi connectivity index (χ2n) is 5.75. The van der Waals surface area contributed by atoms with E-state index < -0.39 is 0 Å². The molecule has 0 atom stereocenters. The molecule has 0 aliphatic rings. The molecule has 4 nitrogen and oxygen atoms in total. The third kappa shape index (κ3) is 5.16. The minimum absolute atomic E-state index is 0.222. The first kappa shape index (κ1) is 19.1. The highest BCUT2D eigenvalue weighted by atomic mass is 35.5. The summed E-state index contributed by atoms with van der Waals surface area (Å²) < 4.78 is 10.9. The number of ether oxygens (including phenoxy) is 2. The number of carbonyl (C=O) groups excluding carboxylic acids is 1. The van der Waals surface area contributed by atoms with E-state index in [0.29, 0.717) is 33.7 Å². The molecular weight excluding hydrogens is 385 g/mol. The Morgan fingerprint density at radius 3 is 2.41 bits per heavy atom. The molecule has 0 spiro atoms. The fourth-order valence-corrected chi connectivity index (χ4v) is 2.72. The van der Waals surface area contributed by atoms with Crippen LogP contribution in [-0.2, 0) is 6.61 Å². The molecule has 138 valence electrons. The summed E-state index contributed by atoms with van der Waals surface area (Å²) in [5, 5.41) is 3.82. The molecule has 27 heavy (non-hydrogen) atoms. The standard InChI is InChI=1S/C21H17Cl2NO3/c1-26-17-8-6-16(7-9-17)24-21(25)15-3-2-4-18(12-15)27-13-14-5-10-19(22)20(23)11-14/h2-12H,13H2,1H3,(H,24,25). The van der Waals surface area contributed by atoms with E-state index in [9.17, 15) is 4.79 Å². The average molecular weight is 402 g/mol. The fraction of sp³-hybridized carbons (Fsp3) is 0.0952. The molecular formula is C21H17Cl2NO3. The lowest BCUT2D eigenvalue weighted by Crippen LogP contribution is -2.11. The predicted octanol–water partition coefficient (Wildman–Crippen LogP) is 5.83. The summed E-state index contributed by atoms with van der Waals surface area (Å²) in [6.07, 6.45) is 0. The SMILES string of the molecule is COc1ccc(NC(=O)c2cccc(OCc3ccc(Cl)c(Cl)c3)c2)cc1. The van der Waals surface area contributed by atoms with Crippen molar-refractivity contribution in [3.8, 4) is 11.5 Å². The summed E-state index contributed by atoms with van der Waals surface area (Å²) in [6.45, 7) is 0.320. The maximum Gasteiger partial charge on any atom is 0.255 e. The van der Waals surface area contributed by atoms with Gasteiger partial charge in [0.1, 0.15) is 18.1 Å². The molecule has 0 aliphatic carbocycles. The average Bonchev–Trinajstić information content (AvgIpc) is 2.69. The Balaban J connectivity index is 1.65. The van der Waals surface area contributed by atoms with E-state index in [2.05, 4.69) is 5.32 Å². The Bertz CT molecular complexity index is 942. The maximum atomic E-state index is 12.4. The number of hydrogen-bond acceptors (Lipinski definition) is 3. The molecule has 0 fully saturated rings. The molecule has 0 bridgehead atoms. The number of nitrogens with one attached hydrogen (secondary N) is 1. The van der Waals surface area contributed by atoms with Gasteiger partial charge in [0.15, 0.2) is 0 Å². The molecule has 0 aromatic heterocycles.